The third kappa shape index (κ3) is 4.89. The first-order valence-electron chi connectivity index (χ1n) is 10.6. The third-order valence-corrected chi connectivity index (χ3v) is 5.66. The molecule has 0 aromatic heterocycles. The Morgan fingerprint density at radius 3 is 2.52 bits per heavy atom. The maximum absolute atomic E-state index is 13.5. The van der Waals surface area contributed by atoms with Crippen LogP contribution in [0.2, 0.25) is 0 Å². The molecule has 0 aliphatic carbocycles. The Bertz CT molecular complexity index is 1050. The highest BCUT2D eigenvalue weighted by atomic mass is 16.6. The molecule has 1 aliphatic rings. The third-order valence-electron chi connectivity index (χ3n) is 5.66. The summed E-state index contributed by atoms with van der Waals surface area (Å²) in [5, 5.41) is 3.15. The van der Waals surface area contributed by atoms with E-state index in [4.69, 9.17) is 9.47 Å². The van der Waals surface area contributed by atoms with Gasteiger partial charge in [0.25, 0.3) is 5.91 Å². The fourth-order valence-electron chi connectivity index (χ4n) is 4.02. The Morgan fingerprint density at radius 2 is 1.74 bits per heavy atom. The molecular weight excluding hydrogens is 388 g/mol. The van der Waals surface area contributed by atoms with Gasteiger partial charge in [0.1, 0.15) is 13.2 Å². The molecule has 3 aromatic carbocycles. The Labute approximate surface area is 183 Å². The number of anilines is 1. The molecule has 3 aromatic rings. The minimum absolute atomic E-state index is 0.0328. The van der Waals surface area contributed by atoms with E-state index in [9.17, 15) is 4.79 Å². The minimum Gasteiger partial charge on any atom is -0.486 e. The molecule has 0 spiro atoms. The number of fused-ring (bicyclic) bond motifs is 1. The lowest BCUT2D eigenvalue weighted by molar-refractivity contribution is -0.904. The van der Waals surface area contributed by atoms with Crippen LogP contribution in [0, 0.1) is 13.8 Å². The van der Waals surface area contributed by atoms with Crippen molar-refractivity contribution in [3.8, 4) is 11.5 Å². The van der Waals surface area contributed by atoms with Crippen LogP contribution in [0.5, 0.6) is 11.5 Å². The van der Waals surface area contributed by atoms with Crippen LogP contribution < -0.4 is 19.7 Å². The Hall–Kier alpha value is -3.31. The van der Waals surface area contributed by atoms with E-state index in [0.29, 0.717) is 13.2 Å². The fourth-order valence-corrected chi connectivity index (χ4v) is 4.02. The van der Waals surface area contributed by atoms with E-state index in [-0.39, 0.29) is 18.1 Å². The molecule has 31 heavy (non-hydrogen) atoms. The number of aryl methyl sites for hydroxylation is 2. The normalized spacial score (nSPS) is 16.9. The van der Waals surface area contributed by atoms with Gasteiger partial charge < -0.3 is 19.7 Å². The Morgan fingerprint density at radius 1 is 1.03 bits per heavy atom. The number of ether oxygens (including phenoxy) is 2. The molecule has 5 heteroatoms. The predicted molar refractivity (Wildman–Crippen MR) is 122 cm³/mol. The molecule has 1 heterocycles. The molecule has 1 aliphatic heterocycles. The topological polar surface area (TPSA) is 52.0 Å². The number of para-hydroxylation sites is 2. The van der Waals surface area contributed by atoms with Gasteiger partial charge in [0, 0.05) is 11.3 Å². The Balaban J connectivity index is 1.54. The van der Waals surface area contributed by atoms with E-state index in [1.54, 1.807) is 0 Å². The molecule has 2 N–H and O–H groups in total. The number of benzene rings is 3. The number of likely N-dealkylation sites (N-methyl/N-ethyl adjacent to an activating group) is 1. The summed E-state index contributed by atoms with van der Waals surface area (Å²) in [5.41, 5.74) is 3.98. The number of nitrogens with one attached hydrogen (secondary N) is 2. The highest BCUT2D eigenvalue weighted by Gasteiger charge is 2.33. The Kier molecular flexibility index (Phi) is 6.23. The maximum atomic E-state index is 13.5. The molecule has 4 rings (SSSR count). The van der Waals surface area contributed by atoms with Gasteiger partial charge in [-0.15, -0.1) is 0 Å². The van der Waals surface area contributed by atoms with Crippen LogP contribution in [0.1, 0.15) is 22.7 Å². The number of carbonyl (C=O) groups is 1. The first-order valence-corrected chi connectivity index (χ1v) is 10.6. The SMILES string of the molecule is Cc1ccc(C)c(NC(=O)[C@@H](c2ccccc2)[NH+](C)C[C@@H]2COc3ccccc3O2)c1. The molecular formula is C26H29N2O3+. The van der Waals surface area contributed by atoms with Gasteiger partial charge in [0.15, 0.2) is 23.6 Å². The zero-order chi connectivity index (χ0) is 21.8. The summed E-state index contributed by atoms with van der Waals surface area (Å²) in [6.07, 6.45) is -0.130. The predicted octanol–water partition coefficient (Wildman–Crippen LogP) is 3.34. The standard InChI is InChI=1S/C26H28N2O3/c1-18-13-14-19(2)22(15-18)27-26(29)25(20-9-5-4-6-10-20)28(3)16-21-17-30-23-11-7-8-12-24(23)31-21/h4-15,21,25H,16-17H2,1-3H3,(H,27,29)/p+1/t21-,25-/m1/s1. The van der Waals surface area contributed by atoms with Gasteiger partial charge in [0.05, 0.1) is 7.05 Å². The van der Waals surface area contributed by atoms with Crippen molar-refractivity contribution in [3.63, 3.8) is 0 Å². The van der Waals surface area contributed by atoms with Crippen LogP contribution in [0.25, 0.3) is 0 Å². The molecule has 0 fully saturated rings. The first-order chi connectivity index (χ1) is 15.0. The van der Waals surface area contributed by atoms with Crippen LogP contribution in [-0.2, 0) is 4.79 Å². The second-order valence-corrected chi connectivity index (χ2v) is 8.20. The van der Waals surface area contributed by atoms with Crippen molar-refractivity contribution in [2.45, 2.75) is 26.0 Å². The number of hydrogen-bond acceptors (Lipinski definition) is 3. The average molecular weight is 418 g/mol. The lowest BCUT2D eigenvalue weighted by Gasteiger charge is -2.31. The van der Waals surface area contributed by atoms with Crippen LogP contribution in [-0.4, -0.2) is 32.2 Å². The molecule has 160 valence electrons. The summed E-state index contributed by atoms with van der Waals surface area (Å²) in [6.45, 7) is 5.13. The number of quaternary nitrogens is 1. The van der Waals surface area contributed by atoms with Crippen molar-refractivity contribution >= 4 is 11.6 Å². The van der Waals surface area contributed by atoms with Gasteiger partial charge in [-0.25, -0.2) is 0 Å². The molecule has 1 unspecified atom stereocenters. The van der Waals surface area contributed by atoms with E-state index >= 15 is 0 Å². The van der Waals surface area contributed by atoms with Crippen LogP contribution in [0.15, 0.2) is 72.8 Å². The van der Waals surface area contributed by atoms with Gasteiger partial charge in [-0.3, -0.25) is 4.79 Å². The highest BCUT2D eigenvalue weighted by molar-refractivity contribution is 5.95. The number of rotatable bonds is 6. The summed E-state index contributed by atoms with van der Waals surface area (Å²) < 4.78 is 12.0. The van der Waals surface area contributed by atoms with E-state index < -0.39 is 0 Å². The fraction of sp³-hybridized carbons (Fsp3) is 0.269. The van der Waals surface area contributed by atoms with Gasteiger partial charge in [0.2, 0.25) is 0 Å². The maximum Gasteiger partial charge on any atom is 0.287 e. The zero-order valence-corrected chi connectivity index (χ0v) is 18.2. The summed E-state index contributed by atoms with van der Waals surface area (Å²) in [4.78, 5) is 14.5. The molecule has 0 bridgehead atoms. The molecule has 5 nitrogen and oxygen atoms in total. The van der Waals surface area contributed by atoms with E-state index in [0.717, 1.165) is 38.8 Å². The first kappa shape index (κ1) is 20.9. The molecule has 0 saturated carbocycles. The highest BCUT2D eigenvalue weighted by Crippen LogP contribution is 2.30. The van der Waals surface area contributed by atoms with Crippen molar-refractivity contribution < 1.29 is 19.2 Å². The number of carbonyl (C=O) groups excluding carboxylic acids is 1. The summed E-state index contributed by atoms with van der Waals surface area (Å²) in [6, 6.07) is 23.3. The van der Waals surface area contributed by atoms with Crippen molar-refractivity contribution in [1.82, 2.24) is 0 Å². The molecule has 3 atom stereocenters. The van der Waals surface area contributed by atoms with E-state index in [2.05, 4.69) is 11.4 Å². The lowest BCUT2D eigenvalue weighted by Crippen LogP contribution is -3.12. The summed E-state index contributed by atoms with van der Waals surface area (Å²) in [5.74, 6) is 1.49. The van der Waals surface area contributed by atoms with Crippen molar-refractivity contribution in [3.05, 3.63) is 89.5 Å². The van der Waals surface area contributed by atoms with Gasteiger partial charge in [-0.05, 0) is 43.2 Å². The second kappa shape index (κ2) is 9.23. The van der Waals surface area contributed by atoms with E-state index in [1.165, 1.54) is 0 Å². The van der Waals surface area contributed by atoms with E-state index in [1.807, 2.05) is 87.6 Å². The van der Waals surface area contributed by atoms with Crippen LogP contribution in [0.4, 0.5) is 5.69 Å². The lowest BCUT2D eigenvalue weighted by atomic mass is 10.0. The van der Waals surface area contributed by atoms with Crippen molar-refractivity contribution in [2.75, 3.05) is 25.5 Å². The van der Waals surface area contributed by atoms with Crippen LogP contribution >= 0.6 is 0 Å². The summed E-state index contributed by atoms with van der Waals surface area (Å²) in [7, 11) is 2.03. The largest absolute Gasteiger partial charge is 0.486 e. The van der Waals surface area contributed by atoms with Crippen molar-refractivity contribution in [2.24, 2.45) is 0 Å². The van der Waals surface area contributed by atoms with Gasteiger partial charge >= 0.3 is 0 Å². The number of hydrogen-bond donors (Lipinski definition) is 2. The van der Waals surface area contributed by atoms with Crippen LogP contribution in [0.3, 0.4) is 0 Å². The molecule has 1 amide bonds. The van der Waals surface area contributed by atoms with Gasteiger partial charge in [-0.1, -0.05) is 54.6 Å². The quantitative estimate of drug-likeness (QED) is 0.647. The average Bonchev–Trinajstić information content (AvgIpc) is 2.77. The summed E-state index contributed by atoms with van der Waals surface area (Å²) >= 11 is 0. The zero-order valence-electron chi connectivity index (χ0n) is 18.2. The monoisotopic (exact) mass is 417 g/mol. The molecule has 0 radical (unpaired) electrons. The minimum atomic E-state index is -0.373. The molecule has 0 saturated heterocycles. The second-order valence-electron chi connectivity index (χ2n) is 8.20. The van der Waals surface area contributed by atoms with Gasteiger partial charge in [-0.2, -0.15) is 0 Å². The number of amides is 1. The van der Waals surface area contributed by atoms with Crippen molar-refractivity contribution in [1.29, 1.82) is 0 Å². The smallest absolute Gasteiger partial charge is 0.287 e.